The highest BCUT2D eigenvalue weighted by molar-refractivity contribution is 5.87. The van der Waals surface area contributed by atoms with Gasteiger partial charge in [0.1, 0.15) is 13.2 Å². The lowest BCUT2D eigenvalue weighted by atomic mass is 10.4. The lowest BCUT2D eigenvalue weighted by Crippen LogP contribution is -2.13. The fourth-order valence-corrected chi connectivity index (χ4v) is 1.10. The summed E-state index contributed by atoms with van der Waals surface area (Å²) in [4.78, 5) is 22.1. The van der Waals surface area contributed by atoms with E-state index < -0.39 is 11.9 Å². The number of hydrogen-bond donors (Lipinski definition) is 0. The molecule has 0 radical (unpaired) electrons. The quantitative estimate of drug-likeness (QED) is 0.310. The van der Waals surface area contributed by atoms with Crippen molar-refractivity contribution in [2.45, 2.75) is 20.3 Å². The van der Waals surface area contributed by atoms with Crippen molar-refractivity contribution in [1.29, 1.82) is 0 Å². The Morgan fingerprint density at radius 2 is 1.10 bits per heavy atom. The van der Waals surface area contributed by atoms with Crippen LogP contribution in [0.25, 0.3) is 0 Å². The molecule has 0 aliphatic rings. The Morgan fingerprint density at radius 1 is 0.714 bits per heavy atom. The zero-order chi connectivity index (χ0) is 16.1. The van der Waals surface area contributed by atoms with Gasteiger partial charge in [0.25, 0.3) is 0 Å². The fraction of sp³-hybridized carbons (Fsp3) is 0.600. The van der Waals surface area contributed by atoms with Crippen LogP contribution in [0.3, 0.4) is 0 Å². The van der Waals surface area contributed by atoms with Gasteiger partial charge in [0, 0.05) is 24.4 Å². The number of ether oxygens (including phenoxy) is 4. The molecule has 0 aromatic heterocycles. The predicted molar refractivity (Wildman–Crippen MR) is 77.8 cm³/mol. The Hall–Kier alpha value is -1.66. The van der Waals surface area contributed by atoms with Crippen LogP contribution in [0.2, 0.25) is 0 Å². The molecule has 0 aliphatic heterocycles. The zero-order valence-electron chi connectivity index (χ0n) is 12.8. The summed E-state index contributed by atoms with van der Waals surface area (Å²) in [7, 11) is 0. The first-order valence-corrected chi connectivity index (χ1v) is 6.76. The van der Waals surface area contributed by atoms with E-state index in [2.05, 4.69) is 13.2 Å². The minimum Gasteiger partial charge on any atom is -0.460 e. The molecule has 0 bridgehead atoms. The maximum Gasteiger partial charge on any atom is 0.333 e. The van der Waals surface area contributed by atoms with E-state index in [9.17, 15) is 9.59 Å². The standard InChI is InChI=1S/C15H24O6/c1-12(2)14(16)20-10-8-18-6-5-7-19-9-11-21-15(17)13(3)4/h1,3,5-11H2,2,4H3. The molecule has 0 heterocycles. The maximum atomic E-state index is 11.0. The molecule has 6 heteroatoms. The highest BCUT2D eigenvalue weighted by atomic mass is 16.6. The molecule has 0 aromatic rings. The van der Waals surface area contributed by atoms with Crippen LogP contribution in [0.4, 0.5) is 0 Å². The molecule has 0 aliphatic carbocycles. The Balaban J connectivity index is 3.23. The molecule has 0 rings (SSSR count). The van der Waals surface area contributed by atoms with Crippen LogP contribution in [-0.4, -0.2) is 51.6 Å². The van der Waals surface area contributed by atoms with Crippen molar-refractivity contribution in [1.82, 2.24) is 0 Å². The molecule has 0 N–H and O–H groups in total. The summed E-state index contributed by atoms with van der Waals surface area (Å²) in [6.07, 6.45) is 0.711. The topological polar surface area (TPSA) is 71.1 Å². The predicted octanol–water partition coefficient (Wildman–Crippen LogP) is 1.65. The molecular formula is C15H24O6. The second-order valence-electron chi connectivity index (χ2n) is 4.41. The lowest BCUT2D eigenvalue weighted by Gasteiger charge is -2.07. The van der Waals surface area contributed by atoms with E-state index in [1.807, 2.05) is 0 Å². The summed E-state index contributed by atoms with van der Waals surface area (Å²) in [6, 6.07) is 0. The first kappa shape index (κ1) is 19.3. The van der Waals surface area contributed by atoms with E-state index in [1.54, 1.807) is 13.8 Å². The molecule has 0 saturated heterocycles. The second kappa shape index (κ2) is 12.1. The third kappa shape index (κ3) is 11.8. The van der Waals surface area contributed by atoms with Gasteiger partial charge < -0.3 is 18.9 Å². The maximum absolute atomic E-state index is 11.0. The Kier molecular flexibility index (Phi) is 11.2. The van der Waals surface area contributed by atoms with Crippen molar-refractivity contribution < 1.29 is 28.5 Å². The van der Waals surface area contributed by atoms with E-state index in [-0.39, 0.29) is 13.2 Å². The van der Waals surface area contributed by atoms with Gasteiger partial charge in [-0.25, -0.2) is 9.59 Å². The molecule has 120 valence electrons. The van der Waals surface area contributed by atoms with Gasteiger partial charge in [-0.2, -0.15) is 0 Å². The number of carbonyl (C=O) groups is 2. The third-order valence-corrected chi connectivity index (χ3v) is 2.20. The van der Waals surface area contributed by atoms with Crippen LogP contribution in [0.15, 0.2) is 24.3 Å². The molecular weight excluding hydrogens is 276 g/mol. The second-order valence-corrected chi connectivity index (χ2v) is 4.41. The molecule has 0 unspecified atom stereocenters. The molecule has 0 saturated carbocycles. The first-order chi connectivity index (χ1) is 9.95. The third-order valence-electron chi connectivity index (χ3n) is 2.20. The monoisotopic (exact) mass is 300 g/mol. The highest BCUT2D eigenvalue weighted by Crippen LogP contribution is 1.93. The molecule has 0 amide bonds. The van der Waals surface area contributed by atoms with Crippen molar-refractivity contribution in [3.63, 3.8) is 0 Å². The van der Waals surface area contributed by atoms with E-state index in [4.69, 9.17) is 18.9 Å². The van der Waals surface area contributed by atoms with Crippen LogP contribution < -0.4 is 0 Å². The average molecular weight is 300 g/mol. The van der Waals surface area contributed by atoms with E-state index in [1.165, 1.54) is 0 Å². The van der Waals surface area contributed by atoms with Crippen LogP contribution in [-0.2, 0) is 28.5 Å². The van der Waals surface area contributed by atoms with Crippen molar-refractivity contribution in [3.05, 3.63) is 24.3 Å². The van der Waals surface area contributed by atoms with E-state index >= 15 is 0 Å². The summed E-state index contributed by atoms with van der Waals surface area (Å²) >= 11 is 0. The number of hydrogen-bond acceptors (Lipinski definition) is 6. The van der Waals surface area contributed by atoms with E-state index in [0.29, 0.717) is 44.0 Å². The van der Waals surface area contributed by atoms with Crippen molar-refractivity contribution in [2.75, 3.05) is 39.6 Å². The SMILES string of the molecule is C=C(C)C(=O)OCCOCCCOCCOC(=O)C(=C)C. The van der Waals surface area contributed by atoms with Gasteiger partial charge in [0.15, 0.2) is 0 Å². The molecule has 0 aromatic carbocycles. The highest BCUT2D eigenvalue weighted by Gasteiger charge is 2.02. The van der Waals surface area contributed by atoms with E-state index in [0.717, 1.165) is 0 Å². The lowest BCUT2D eigenvalue weighted by molar-refractivity contribution is -0.141. The smallest absolute Gasteiger partial charge is 0.333 e. The van der Waals surface area contributed by atoms with Gasteiger partial charge >= 0.3 is 11.9 Å². The summed E-state index contributed by atoms with van der Waals surface area (Å²) in [5.74, 6) is -0.822. The largest absolute Gasteiger partial charge is 0.460 e. The number of esters is 2. The average Bonchev–Trinajstić information content (AvgIpc) is 2.43. The minimum absolute atomic E-state index is 0.212. The van der Waals surface area contributed by atoms with Gasteiger partial charge in [-0.3, -0.25) is 0 Å². The van der Waals surface area contributed by atoms with Crippen molar-refractivity contribution >= 4 is 11.9 Å². The zero-order valence-corrected chi connectivity index (χ0v) is 12.8. The fourth-order valence-electron chi connectivity index (χ4n) is 1.10. The minimum atomic E-state index is -0.411. The number of rotatable bonds is 12. The Labute approximate surface area is 125 Å². The van der Waals surface area contributed by atoms with Crippen LogP contribution in [0, 0.1) is 0 Å². The normalized spacial score (nSPS) is 10.0. The number of carbonyl (C=O) groups excluding carboxylic acids is 2. The molecule has 21 heavy (non-hydrogen) atoms. The molecule has 0 fully saturated rings. The van der Waals surface area contributed by atoms with Crippen LogP contribution in [0.1, 0.15) is 20.3 Å². The summed E-state index contributed by atoms with van der Waals surface area (Å²) in [6.45, 7) is 12.3. The van der Waals surface area contributed by atoms with Crippen LogP contribution >= 0.6 is 0 Å². The first-order valence-electron chi connectivity index (χ1n) is 6.76. The molecule has 6 nitrogen and oxygen atoms in total. The van der Waals surface area contributed by atoms with Crippen molar-refractivity contribution in [3.8, 4) is 0 Å². The Bertz CT molecular complexity index is 327. The van der Waals surface area contributed by atoms with Crippen molar-refractivity contribution in [2.24, 2.45) is 0 Å². The van der Waals surface area contributed by atoms with Gasteiger partial charge in [0.2, 0.25) is 0 Å². The molecule has 0 spiro atoms. The Morgan fingerprint density at radius 3 is 1.43 bits per heavy atom. The molecule has 0 atom stereocenters. The van der Waals surface area contributed by atoms with Gasteiger partial charge in [-0.1, -0.05) is 13.2 Å². The van der Waals surface area contributed by atoms with Gasteiger partial charge in [-0.05, 0) is 20.3 Å². The van der Waals surface area contributed by atoms with Gasteiger partial charge in [0.05, 0.1) is 13.2 Å². The van der Waals surface area contributed by atoms with Gasteiger partial charge in [-0.15, -0.1) is 0 Å². The summed E-state index contributed by atoms with van der Waals surface area (Å²) in [5.41, 5.74) is 0.742. The summed E-state index contributed by atoms with van der Waals surface area (Å²) in [5, 5.41) is 0. The van der Waals surface area contributed by atoms with Crippen LogP contribution in [0.5, 0.6) is 0 Å². The summed E-state index contributed by atoms with van der Waals surface area (Å²) < 4.78 is 20.2.